The molecule has 0 radical (unpaired) electrons. The van der Waals surface area contributed by atoms with Gasteiger partial charge in [0, 0.05) is 5.56 Å². The van der Waals surface area contributed by atoms with Crippen LogP contribution in [0.3, 0.4) is 0 Å². The summed E-state index contributed by atoms with van der Waals surface area (Å²) >= 11 is 0. The van der Waals surface area contributed by atoms with Crippen LogP contribution in [0.4, 0.5) is 0 Å². The van der Waals surface area contributed by atoms with Gasteiger partial charge in [-0.05, 0) is 30.3 Å². The quantitative estimate of drug-likeness (QED) is 0.450. The molecule has 26 heavy (non-hydrogen) atoms. The van der Waals surface area contributed by atoms with Crippen molar-refractivity contribution in [3.05, 3.63) is 96.1 Å². The number of benzene rings is 3. The molecule has 3 rings (SSSR count). The Bertz CT molecular complexity index is 909. The molecular weight excluding hydrogens is 318 g/mol. The van der Waals surface area contributed by atoms with Gasteiger partial charge in [0.1, 0.15) is 5.84 Å². The van der Waals surface area contributed by atoms with Crippen LogP contribution in [0.5, 0.6) is 0 Å². The Morgan fingerprint density at radius 2 is 1.35 bits per heavy atom. The van der Waals surface area contributed by atoms with E-state index >= 15 is 0 Å². The first kappa shape index (κ1) is 17.5. The minimum atomic E-state index is 0.587. The molecule has 0 aromatic heterocycles. The number of hydrogen-bond acceptors (Lipinski definition) is 1. The van der Waals surface area contributed by atoms with Gasteiger partial charge in [-0.15, -0.1) is 0 Å². The summed E-state index contributed by atoms with van der Waals surface area (Å²) in [5.74, 6) is 1.27. The second kappa shape index (κ2) is 8.67. The van der Waals surface area contributed by atoms with E-state index in [0.29, 0.717) is 18.2 Å². The largest absolute Gasteiger partial charge is 0.266 e. The Hall–Kier alpha value is -3.33. The van der Waals surface area contributed by atoms with E-state index in [4.69, 9.17) is 0 Å². The maximum atomic E-state index is 4.55. The third-order valence-electron chi connectivity index (χ3n) is 4.00. The Labute approximate surface area is 154 Å². The van der Waals surface area contributed by atoms with E-state index in [-0.39, 0.29) is 0 Å². The van der Waals surface area contributed by atoms with E-state index in [1.54, 1.807) is 0 Å². The lowest BCUT2D eigenvalue weighted by molar-refractivity contribution is 1.06. The zero-order valence-corrected chi connectivity index (χ0v) is 14.8. The highest BCUT2D eigenvalue weighted by Crippen LogP contribution is 2.19. The molecular formula is C23H21N3. The highest BCUT2D eigenvalue weighted by Gasteiger charge is 2.01. The summed E-state index contributed by atoms with van der Waals surface area (Å²) in [5.41, 5.74) is 4.50. The monoisotopic (exact) mass is 339 g/mol. The van der Waals surface area contributed by atoms with Crippen LogP contribution in [0.2, 0.25) is 0 Å². The lowest BCUT2D eigenvalue weighted by atomic mass is 10.0. The maximum absolute atomic E-state index is 4.55. The van der Waals surface area contributed by atoms with Crippen LogP contribution in [0.25, 0.3) is 11.1 Å². The normalized spacial score (nSPS) is 12.0. The number of aliphatic imine (C=N–C) groups is 3. The molecule has 0 saturated heterocycles. The van der Waals surface area contributed by atoms with Gasteiger partial charge in [-0.1, -0.05) is 84.9 Å². The fraction of sp³-hybridized carbons (Fsp3) is 0.0870. The van der Waals surface area contributed by atoms with Crippen LogP contribution in [0, 0.1) is 0 Å². The molecule has 0 aliphatic heterocycles. The van der Waals surface area contributed by atoms with Crippen molar-refractivity contribution in [3.8, 4) is 11.1 Å². The summed E-state index contributed by atoms with van der Waals surface area (Å²) < 4.78 is 0. The molecule has 3 nitrogen and oxygen atoms in total. The van der Waals surface area contributed by atoms with Crippen molar-refractivity contribution in [1.29, 1.82) is 0 Å². The minimum Gasteiger partial charge on any atom is -0.266 e. The standard InChI is InChI=1S/C23H21N3/c1-18(26-23(24-2)22-11-7-4-8-12-22)25-17-19-13-15-21(16-14-19)20-9-5-3-6-10-20/h3-16H,2,17H2,1H3. The first-order chi connectivity index (χ1) is 12.8. The van der Waals surface area contributed by atoms with Crippen molar-refractivity contribution in [2.24, 2.45) is 15.0 Å². The third kappa shape index (κ3) is 4.61. The molecule has 3 aromatic carbocycles. The molecule has 0 spiro atoms. The van der Waals surface area contributed by atoms with Gasteiger partial charge in [-0.2, -0.15) is 0 Å². The summed E-state index contributed by atoms with van der Waals surface area (Å²) in [7, 11) is 0. The van der Waals surface area contributed by atoms with E-state index in [1.807, 2.05) is 55.5 Å². The molecule has 3 aromatic rings. The van der Waals surface area contributed by atoms with Crippen LogP contribution < -0.4 is 0 Å². The van der Waals surface area contributed by atoms with Gasteiger partial charge in [0.05, 0.1) is 6.54 Å². The number of rotatable bonds is 4. The van der Waals surface area contributed by atoms with E-state index in [0.717, 1.165) is 11.1 Å². The van der Waals surface area contributed by atoms with Crippen LogP contribution in [-0.2, 0) is 6.54 Å². The lowest BCUT2D eigenvalue weighted by Crippen LogP contribution is -2.00. The molecule has 0 saturated carbocycles. The number of amidine groups is 2. The van der Waals surface area contributed by atoms with Crippen LogP contribution in [0.15, 0.2) is 99.9 Å². The summed E-state index contributed by atoms with van der Waals surface area (Å²) in [4.78, 5) is 13.1. The molecule has 0 aliphatic rings. The molecule has 0 bridgehead atoms. The maximum Gasteiger partial charge on any atom is 0.160 e. The molecule has 0 N–H and O–H groups in total. The summed E-state index contributed by atoms with van der Waals surface area (Å²) in [5, 5.41) is 0. The van der Waals surface area contributed by atoms with Crippen molar-refractivity contribution in [2.75, 3.05) is 0 Å². The smallest absolute Gasteiger partial charge is 0.160 e. The Kier molecular flexibility index (Phi) is 5.84. The molecule has 0 aliphatic carbocycles. The number of hydrogen-bond donors (Lipinski definition) is 0. The molecule has 3 heteroatoms. The number of nitrogens with zero attached hydrogens (tertiary/aromatic N) is 3. The van der Waals surface area contributed by atoms with E-state index < -0.39 is 0 Å². The van der Waals surface area contributed by atoms with E-state index in [9.17, 15) is 0 Å². The van der Waals surface area contributed by atoms with Gasteiger partial charge in [-0.3, -0.25) is 4.99 Å². The van der Waals surface area contributed by atoms with E-state index in [2.05, 4.69) is 58.1 Å². The SMILES string of the molecule is C=NC(=NC(C)=NCc1ccc(-c2ccccc2)cc1)c1ccccc1. The summed E-state index contributed by atoms with van der Waals surface area (Å²) in [6.07, 6.45) is 0. The second-order valence-corrected chi connectivity index (χ2v) is 5.89. The van der Waals surface area contributed by atoms with E-state index in [1.165, 1.54) is 11.1 Å². The van der Waals surface area contributed by atoms with Crippen molar-refractivity contribution < 1.29 is 0 Å². The Morgan fingerprint density at radius 3 is 1.96 bits per heavy atom. The predicted octanol–water partition coefficient (Wildman–Crippen LogP) is 5.42. The topological polar surface area (TPSA) is 37.1 Å². The summed E-state index contributed by atoms with van der Waals surface area (Å²) in [6.45, 7) is 6.08. The van der Waals surface area contributed by atoms with Crippen molar-refractivity contribution in [1.82, 2.24) is 0 Å². The average molecular weight is 339 g/mol. The lowest BCUT2D eigenvalue weighted by Gasteiger charge is -2.04. The van der Waals surface area contributed by atoms with Crippen molar-refractivity contribution in [3.63, 3.8) is 0 Å². The zero-order valence-electron chi connectivity index (χ0n) is 14.8. The molecule has 0 atom stereocenters. The fourth-order valence-corrected chi connectivity index (χ4v) is 2.61. The van der Waals surface area contributed by atoms with Crippen LogP contribution >= 0.6 is 0 Å². The molecule has 0 amide bonds. The predicted molar refractivity (Wildman–Crippen MR) is 111 cm³/mol. The first-order valence-electron chi connectivity index (χ1n) is 8.52. The van der Waals surface area contributed by atoms with Crippen molar-refractivity contribution >= 4 is 18.4 Å². The van der Waals surface area contributed by atoms with Gasteiger partial charge < -0.3 is 0 Å². The summed E-state index contributed by atoms with van der Waals surface area (Å²) in [6, 6.07) is 28.6. The molecule has 0 heterocycles. The molecule has 0 fully saturated rings. The fourth-order valence-electron chi connectivity index (χ4n) is 2.61. The van der Waals surface area contributed by atoms with Crippen LogP contribution in [0.1, 0.15) is 18.1 Å². The zero-order chi connectivity index (χ0) is 18.2. The van der Waals surface area contributed by atoms with Crippen LogP contribution in [-0.4, -0.2) is 18.4 Å². The van der Waals surface area contributed by atoms with Gasteiger partial charge in [0.15, 0.2) is 5.84 Å². The highest BCUT2D eigenvalue weighted by atomic mass is 15.0. The van der Waals surface area contributed by atoms with Gasteiger partial charge in [0.2, 0.25) is 0 Å². The first-order valence-corrected chi connectivity index (χ1v) is 8.52. The van der Waals surface area contributed by atoms with Gasteiger partial charge in [0.25, 0.3) is 0 Å². The molecule has 128 valence electrons. The second-order valence-electron chi connectivity index (χ2n) is 5.89. The van der Waals surface area contributed by atoms with Crippen molar-refractivity contribution in [2.45, 2.75) is 13.5 Å². The van der Waals surface area contributed by atoms with Gasteiger partial charge >= 0.3 is 0 Å². The minimum absolute atomic E-state index is 0.587. The average Bonchev–Trinajstić information content (AvgIpc) is 2.72. The Balaban J connectivity index is 1.71. The highest BCUT2D eigenvalue weighted by molar-refractivity contribution is 6.07. The molecule has 0 unspecified atom stereocenters. The van der Waals surface area contributed by atoms with Gasteiger partial charge in [-0.25, -0.2) is 9.98 Å². The third-order valence-corrected chi connectivity index (χ3v) is 4.00. The Morgan fingerprint density at radius 1 is 0.769 bits per heavy atom.